The van der Waals surface area contributed by atoms with Crippen molar-refractivity contribution in [2.75, 3.05) is 11.5 Å². The van der Waals surface area contributed by atoms with Crippen LogP contribution in [0, 0.1) is 17.8 Å². The molecule has 226 valence electrons. The third-order valence-corrected chi connectivity index (χ3v) is 9.51. The number of carbonyl (C=O) groups is 2. The summed E-state index contributed by atoms with van der Waals surface area (Å²) in [4.78, 5) is 33.3. The van der Waals surface area contributed by atoms with Crippen LogP contribution in [-0.2, 0) is 14.3 Å². The van der Waals surface area contributed by atoms with E-state index in [0.29, 0.717) is 31.6 Å². The number of amides is 2. The number of imide groups is 1. The van der Waals surface area contributed by atoms with E-state index in [9.17, 15) is 24.7 Å². The number of phenols is 1. The Bertz CT molecular complexity index is 1870. The van der Waals surface area contributed by atoms with E-state index in [1.54, 1.807) is 30.5 Å². The van der Waals surface area contributed by atoms with Gasteiger partial charge in [0.2, 0.25) is 11.8 Å². The molecule has 4 aromatic rings. The summed E-state index contributed by atoms with van der Waals surface area (Å²) in [7, 11) is -1.70. The van der Waals surface area contributed by atoms with Gasteiger partial charge in [0.05, 0.1) is 35.9 Å². The zero-order chi connectivity index (χ0) is 31.2. The molecular weight excluding hydrogens is 567 g/mol. The first-order valence-corrected chi connectivity index (χ1v) is 15.3. The lowest BCUT2D eigenvalue weighted by molar-refractivity contribution is -0.122. The minimum absolute atomic E-state index is 0.190. The van der Waals surface area contributed by atoms with Gasteiger partial charge in [-0.2, -0.15) is 0 Å². The molecular formula is C36H33BN2O6. The second-order valence-corrected chi connectivity index (χ2v) is 12.1. The number of fused-ring (bicyclic) bond motifs is 4. The molecule has 0 saturated carbocycles. The maximum absolute atomic E-state index is 13.8. The van der Waals surface area contributed by atoms with E-state index in [2.05, 4.69) is 11.1 Å². The number of aromatic hydroxyl groups is 1. The number of carbonyl (C=O) groups excluding carboxylic acids is 2. The van der Waals surface area contributed by atoms with Gasteiger partial charge in [0.1, 0.15) is 5.75 Å². The summed E-state index contributed by atoms with van der Waals surface area (Å²) < 4.78 is 6.39. The van der Waals surface area contributed by atoms with Gasteiger partial charge >= 0.3 is 7.12 Å². The number of ether oxygens (including phenoxy) is 1. The number of hydrogen-bond donors (Lipinski definition) is 3. The first-order chi connectivity index (χ1) is 21.8. The predicted molar refractivity (Wildman–Crippen MR) is 173 cm³/mol. The number of aromatic nitrogens is 1. The number of allylic oxidation sites excluding steroid dienone is 2. The lowest BCUT2D eigenvalue weighted by Gasteiger charge is -2.30. The highest BCUT2D eigenvalue weighted by molar-refractivity contribution is 6.58. The number of phenolic OH excluding ortho intramolecular Hbond substituents is 1. The Labute approximate surface area is 261 Å². The van der Waals surface area contributed by atoms with E-state index in [1.165, 1.54) is 11.0 Å². The van der Waals surface area contributed by atoms with Crippen LogP contribution >= 0.6 is 0 Å². The summed E-state index contributed by atoms with van der Waals surface area (Å²) in [5, 5.41) is 31.4. The third-order valence-electron chi connectivity index (χ3n) is 9.51. The molecule has 3 N–H and O–H groups in total. The Balaban J connectivity index is 1.16. The molecule has 2 amide bonds. The lowest BCUT2D eigenvalue weighted by atomic mass is 9.70. The van der Waals surface area contributed by atoms with Crippen molar-refractivity contribution in [2.24, 2.45) is 17.8 Å². The van der Waals surface area contributed by atoms with Gasteiger partial charge in [-0.1, -0.05) is 54.1 Å². The Morgan fingerprint density at radius 3 is 2.56 bits per heavy atom. The SMILES string of the molecule is CC1=C2[C@@H](CC/C(=C/c3ccc(O)c4ccccc34)c3ccccn3)OC[C@@H]2[C@@H]2C(=O)N(c3cccc(B(O)O)c3)C(=O)[C@@H]2C1. The van der Waals surface area contributed by atoms with Gasteiger partial charge in [-0.3, -0.25) is 19.5 Å². The van der Waals surface area contributed by atoms with E-state index >= 15 is 0 Å². The summed E-state index contributed by atoms with van der Waals surface area (Å²) in [6, 6.07) is 23.5. The van der Waals surface area contributed by atoms with Gasteiger partial charge in [-0.25, -0.2) is 0 Å². The van der Waals surface area contributed by atoms with Crippen molar-refractivity contribution in [1.82, 2.24) is 4.98 Å². The second-order valence-electron chi connectivity index (χ2n) is 12.1. The van der Waals surface area contributed by atoms with E-state index in [1.807, 2.05) is 55.5 Å². The van der Waals surface area contributed by atoms with Crippen molar-refractivity contribution in [1.29, 1.82) is 0 Å². The molecule has 2 saturated heterocycles. The van der Waals surface area contributed by atoms with Crippen LogP contribution in [0.3, 0.4) is 0 Å². The lowest BCUT2D eigenvalue weighted by Crippen LogP contribution is -2.35. The molecule has 0 spiro atoms. The quantitative estimate of drug-likeness (QED) is 0.163. The van der Waals surface area contributed by atoms with Crippen molar-refractivity contribution in [3.8, 4) is 5.75 Å². The Hall–Kier alpha value is -4.57. The number of rotatable bonds is 7. The second kappa shape index (κ2) is 11.7. The van der Waals surface area contributed by atoms with Gasteiger partial charge in [0, 0.05) is 17.5 Å². The topological polar surface area (TPSA) is 120 Å². The van der Waals surface area contributed by atoms with Crippen molar-refractivity contribution in [3.63, 3.8) is 0 Å². The number of benzene rings is 3. The number of hydrogen-bond acceptors (Lipinski definition) is 7. The Morgan fingerprint density at radius 1 is 0.978 bits per heavy atom. The standard InChI is InChI=1S/C36H33BN2O6/c1-21-17-28-34(36(42)39(35(28)41)25-8-6-7-24(19-25)37(43)44)29-20-45-32(33(21)29)15-13-23(30-11-4-5-16-38-30)18-22-12-14-31(40)27-10-3-2-9-26(22)27/h2-12,14,16,18-19,28-29,32,34,40,43-44H,13,15,17,20H2,1H3/b23-18-/t28-,29+,32-,34-/m1/s1. The van der Waals surface area contributed by atoms with Crippen molar-refractivity contribution in [2.45, 2.75) is 32.3 Å². The van der Waals surface area contributed by atoms with Crippen LogP contribution in [0.2, 0.25) is 0 Å². The third kappa shape index (κ3) is 5.17. The number of nitrogens with zero attached hydrogens (tertiary/aromatic N) is 2. The molecule has 1 aromatic heterocycles. The highest BCUT2D eigenvalue weighted by Crippen LogP contribution is 2.50. The normalized spacial score (nSPS) is 23.1. The maximum Gasteiger partial charge on any atom is 0.488 e. The molecule has 3 aromatic carbocycles. The molecule has 8 nitrogen and oxygen atoms in total. The number of anilines is 1. The highest BCUT2D eigenvalue weighted by atomic mass is 16.5. The fraction of sp³-hybridized carbons (Fsp3) is 0.250. The molecule has 1 aliphatic carbocycles. The van der Waals surface area contributed by atoms with Gasteiger partial charge in [-0.15, -0.1) is 0 Å². The van der Waals surface area contributed by atoms with Crippen molar-refractivity contribution >= 4 is 52.5 Å². The van der Waals surface area contributed by atoms with E-state index in [4.69, 9.17) is 4.74 Å². The molecule has 2 aliphatic heterocycles. The van der Waals surface area contributed by atoms with Crippen LogP contribution in [0.4, 0.5) is 5.69 Å². The Kier molecular flexibility index (Phi) is 7.61. The fourth-order valence-electron chi connectivity index (χ4n) is 7.44. The van der Waals surface area contributed by atoms with E-state index in [-0.39, 0.29) is 35.0 Å². The first kappa shape index (κ1) is 29.2. The van der Waals surface area contributed by atoms with Crippen LogP contribution in [0.1, 0.15) is 37.4 Å². The van der Waals surface area contributed by atoms with Crippen LogP contribution < -0.4 is 10.4 Å². The van der Waals surface area contributed by atoms with Crippen LogP contribution in [0.25, 0.3) is 22.4 Å². The zero-order valence-electron chi connectivity index (χ0n) is 24.8. The molecule has 4 atom stereocenters. The molecule has 0 unspecified atom stereocenters. The number of pyridine rings is 1. The summed E-state index contributed by atoms with van der Waals surface area (Å²) >= 11 is 0. The minimum Gasteiger partial charge on any atom is -0.507 e. The van der Waals surface area contributed by atoms with Crippen LogP contribution in [0.5, 0.6) is 5.75 Å². The molecule has 2 fully saturated rings. The van der Waals surface area contributed by atoms with E-state index in [0.717, 1.165) is 38.7 Å². The van der Waals surface area contributed by atoms with Gasteiger partial charge < -0.3 is 19.9 Å². The summed E-state index contributed by atoms with van der Waals surface area (Å²) in [6.07, 6.45) is 5.56. The van der Waals surface area contributed by atoms with Crippen LogP contribution in [0.15, 0.2) is 96.2 Å². The largest absolute Gasteiger partial charge is 0.507 e. The molecule has 0 radical (unpaired) electrons. The maximum atomic E-state index is 13.8. The van der Waals surface area contributed by atoms with Gasteiger partial charge in [0.25, 0.3) is 0 Å². The molecule has 3 aliphatic rings. The first-order valence-electron chi connectivity index (χ1n) is 15.3. The highest BCUT2D eigenvalue weighted by Gasteiger charge is 2.56. The average molecular weight is 600 g/mol. The van der Waals surface area contributed by atoms with Crippen molar-refractivity contribution in [3.05, 3.63) is 107 Å². The molecule has 9 heteroatoms. The summed E-state index contributed by atoms with van der Waals surface area (Å²) in [6.45, 7) is 2.41. The Morgan fingerprint density at radius 2 is 1.78 bits per heavy atom. The predicted octanol–water partition coefficient (Wildman–Crippen LogP) is 4.48. The van der Waals surface area contributed by atoms with Gasteiger partial charge in [-0.05, 0) is 90.2 Å². The minimum atomic E-state index is -1.70. The zero-order valence-corrected chi connectivity index (χ0v) is 24.8. The molecule has 45 heavy (non-hydrogen) atoms. The van der Waals surface area contributed by atoms with Crippen molar-refractivity contribution < 1.29 is 29.5 Å². The molecule has 0 bridgehead atoms. The summed E-state index contributed by atoms with van der Waals surface area (Å²) in [5.74, 6) is -1.45. The fourth-order valence-corrected chi connectivity index (χ4v) is 7.44. The van der Waals surface area contributed by atoms with Gasteiger partial charge in [0.15, 0.2) is 0 Å². The van der Waals surface area contributed by atoms with E-state index < -0.39 is 19.0 Å². The molecule has 3 heterocycles. The monoisotopic (exact) mass is 600 g/mol. The smallest absolute Gasteiger partial charge is 0.488 e. The van der Waals surface area contributed by atoms with Crippen LogP contribution in [-0.4, -0.2) is 51.8 Å². The molecule has 7 rings (SSSR count). The summed E-state index contributed by atoms with van der Waals surface area (Å²) in [5.41, 5.74) is 5.67. The average Bonchev–Trinajstić information content (AvgIpc) is 3.59.